The Kier molecular flexibility index (Phi) is 6.92. The number of hydrogen-bond donors (Lipinski definition) is 2. The summed E-state index contributed by atoms with van der Waals surface area (Å²) in [4.78, 5) is 26.0. The molecule has 0 saturated heterocycles. The molecule has 2 amide bonds. The zero-order valence-electron chi connectivity index (χ0n) is 23.4. The number of carbonyl (C=O) groups is 2. The number of amides is 2. The summed E-state index contributed by atoms with van der Waals surface area (Å²) in [5.41, 5.74) is 8.20. The lowest BCUT2D eigenvalue weighted by atomic mass is 9.96. The number of nitrogens with two attached hydrogens (primary N) is 1. The van der Waals surface area contributed by atoms with E-state index in [9.17, 15) is 18.4 Å². The third-order valence-electron chi connectivity index (χ3n) is 7.96. The molecule has 5 aromatic rings. The predicted octanol–water partition coefficient (Wildman–Crippen LogP) is 5.84. The molecule has 43 heavy (non-hydrogen) atoms. The Morgan fingerprint density at radius 3 is 2.23 bits per heavy atom. The molecule has 3 aromatic carbocycles. The van der Waals surface area contributed by atoms with E-state index in [0.29, 0.717) is 29.7 Å². The summed E-state index contributed by atoms with van der Waals surface area (Å²) < 4.78 is 49.8. The SMILES string of the molecule is COc1cc(C)c(Cc2ccn3nc(-c4ccc(F)cc4)c(C(N)=O)c3c2F)cc1C(=O)NC1(c2ccc(F)cc2)CC1. The Hall–Kier alpha value is -5.12. The number of rotatable bonds is 8. The van der Waals surface area contributed by atoms with E-state index in [1.807, 2.05) is 6.92 Å². The Morgan fingerprint density at radius 2 is 1.63 bits per heavy atom. The molecule has 1 fully saturated rings. The van der Waals surface area contributed by atoms with Gasteiger partial charge in [0.25, 0.3) is 11.8 Å². The lowest BCUT2D eigenvalue weighted by molar-refractivity contribution is 0.0926. The third-order valence-corrected chi connectivity index (χ3v) is 7.96. The minimum Gasteiger partial charge on any atom is -0.496 e. The summed E-state index contributed by atoms with van der Waals surface area (Å²) in [7, 11) is 1.47. The second-order valence-electron chi connectivity index (χ2n) is 10.7. The first-order valence-electron chi connectivity index (χ1n) is 13.6. The monoisotopic (exact) mass is 584 g/mol. The highest BCUT2D eigenvalue weighted by molar-refractivity contribution is 6.05. The van der Waals surface area contributed by atoms with Gasteiger partial charge in [-0.3, -0.25) is 9.59 Å². The van der Waals surface area contributed by atoms with Crippen molar-refractivity contribution in [3.05, 3.63) is 124 Å². The van der Waals surface area contributed by atoms with E-state index in [-0.39, 0.29) is 46.0 Å². The third kappa shape index (κ3) is 5.09. The first-order chi connectivity index (χ1) is 20.6. The fourth-order valence-electron chi connectivity index (χ4n) is 5.45. The van der Waals surface area contributed by atoms with E-state index >= 15 is 4.39 Å². The number of nitrogens with zero attached hydrogens (tertiary/aromatic N) is 2. The van der Waals surface area contributed by atoms with Crippen molar-refractivity contribution < 1.29 is 27.5 Å². The van der Waals surface area contributed by atoms with E-state index in [1.54, 1.807) is 30.3 Å². The highest BCUT2D eigenvalue weighted by Gasteiger charge is 2.46. The minimum atomic E-state index is -0.875. The van der Waals surface area contributed by atoms with Gasteiger partial charge in [0.15, 0.2) is 5.82 Å². The molecule has 6 rings (SSSR count). The second kappa shape index (κ2) is 10.6. The van der Waals surface area contributed by atoms with Crippen LogP contribution in [-0.2, 0) is 12.0 Å². The number of ether oxygens (including phenoxy) is 1. The second-order valence-corrected chi connectivity index (χ2v) is 10.7. The smallest absolute Gasteiger partial charge is 0.255 e. The molecule has 0 spiro atoms. The van der Waals surface area contributed by atoms with Crippen molar-refractivity contribution in [1.29, 1.82) is 0 Å². The molecule has 1 aliphatic carbocycles. The number of primary amides is 1. The number of carbonyl (C=O) groups excluding carboxylic acids is 2. The Balaban J connectivity index is 1.36. The van der Waals surface area contributed by atoms with Crippen LogP contribution in [0.4, 0.5) is 13.2 Å². The van der Waals surface area contributed by atoms with Crippen molar-refractivity contribution >= 4 is 17.3 Å². The van der Waals surface area contributed by atoms with Crippen molar-refractivity contribution in [2.45, 2.75) is 31.7 Å². The van der Waals surface area contributed by atoms with Crippen LogP contribution in [0.2, 0.25) is 0 Å². The van der Waals surface area contributed by atoms with Crippen molar-refractivity contribution in [1.82, 2.24) is 14.9 Å². The zero-order chi connectivity index (χ0) is 30.5. The van der Waals surface area contributed by atoms with Crippen molar-refractivity contribution in [3.63, 3.8) is 0 Å². The average molecular weight is 585 g/mol. The molecule has 1 aliphatic rings. The van der Waals surface area contributed by atoms with Gasteiger partial charge in [0.2, 0.25) is 0 Å². The Bertz CT molecular complexity index is 1900. The largest absolute Gasteiger partial charge is 0.496 e. The number of aromatic nitrogens is 2. The Morgan fingerprint density at radius 1 is 0.977 bits per heavy atom. The molecule has 0 bridgehead atoms. The minimum absolute atomic E-state index is 0.0940. The predicted molar refractivity (Wildman–Crippen MR) is 154 cm³/mol. The standard InChI is InChI=1S/C33H27F3N4O3/c1-18-15-26(43-2)25(32(42)38-33(12-13-33)22-5-9-24(35)10-6-22)17-21(18)16-20-11-14-40-30(28(20)36)27(31(37)41)29(39-40)19-3-7-23(34)8-4-19/h3-11,14-15,17H,12-13,16H2,1-2H3,(H2,37,41)(H,38,42). The van der Waals surface area contributed by atoms with E-state index in [1.165, 1.54) is 54.2 Å². The van der Waals surface area contributed by atoms with Gasteiger partial charge in [0.05, 0.1) is 23.8 Å². The number of halogens is 3. The normalized spacial score (nSPS) is 13.6. The van der Waals surface area contributed by atoms with E-state index in [4.69, 9.17) is 10.5 Å². The van der Waals surface area contributed by atoms with Crippen molar-refractivity contribution in [2.24, 2.45) is 5.73 Å². The lowest BCUT2D eigenvalue weighted by Gasteiger charge is -2.20. The summed E-state index contributed by atoms with van der Waals surface area (Å²) in [5.74, 6) is -2.39. The molecule has 0 aliphatic heterocycles. The van der Waals surface area contributed by atoms with Crippen molar-refractivity contribution in [3.8, 4) is 17.0 Å². The quantitative estimate of drug-likeness (QED) is 0.239. The fourth-order valence-corrected chi connectivity index (χ4v) is 5.45. The van der Waals surface area contributed by atoms with Crippen LogP contribution in [0.1, 0.15) is 55.8 Å². The Labute approximate surface area is 245 Å². The molecular formula is C33H27F3N4O3. The van der Waals surface area contributed by atoms with Gasteiger partial charge in [0.1, 0.15) is 28.6 Å². The van der Waals surface area contributed by atoms with Gasteiger partial charge in [-0.05, 0) is 96.6 Å². The van der Waals surface area contributed by atoms with E-state index < -0.39 is 23.1 Å². The molecule has 0 radical (unpaired) electrons. The lowest BCUT2D eigenvalue weighted by Crippen LogP contribution is -2.35. The molecule has 218 valence electrons. The molecule has 1 saturated carbocycles. The van der Waals surface area contributed by atoms with Crippen LogP contribution in [-0.4, -0.2) is 28.5 Å². The molecule has 3 N–H and O–H groups in total. The number of aryl methyl sites for hydroxylation is 1. The van der Waals surface area contributed by atoms with Crippen LogP contribution < -0.4 is 15.8 Å². The summed E-state index contributed by atoms with van der Waals surface area (Å²) in [6.07, 6.45) is 3.05. The molecule has 7 nitrogen and oxygen atoms in total. The van der Waals surface area contributed by atoms with Crippen LogP contribution >= 0.6 is 0 Å². The molecular weight excluding hydrogens is 557 g/mol. The molecule has 2 heterocycles. The van der Waals surface area contributed by atoms with Gasteiger partial charge in [-0.25, -0.2) is 17.7 Å². The van der Waals surface area contributed by atoms with E-state index in [2.05, 4.69) is 10.4 Å². The number of nitrogens with one attached hydrogen (secondary N) is 1. The highest BCUT2D eigenvalue weighted by Crippen LogP contribution is 2.46. The van der Waals surface area contributed by atoms with Crippen LogP contribution in [0.25, 0.3) is 16.8 Å². The highest BCUT2D eigenvalue weighted by atomic mass is 19.1. The number of benzene rings is 3. The number of fused-ring (bicyclic) bond motifs is 1. The van der Waals surface area contributed by atoms with Gasteiger partial charge in [-0.15, -0.1) is 0 Å². The zero-order valence-corrected chi connectivity index (χ0v) is 23.4. The summed E-state index contributed by atoms with van der Waals surface area (Å²) in [5, 5.41) is 7.43. The maximum absolute atomic E-state index is 16.1. The molecule has 0 atom stereocenters. The number of pyridine rings is 1. The topological polar surface area (TPSA) is 98.7 Å². The molecule has 2 aromatic heterocycles. The summed E-state index contributed by atoms with van der Waals surface area (Å²) in [6.45, 7) is 1.83. The van der Waals surface area contributed by atoms with Crippen LogP contribution in [0, 0.1) is 24.4 Å². The molecule has 0 unspecified atom stereocenters. The van der Waals surface area contributed by atoms with Gasteiger partial charge >= 0.3 is 0 Å². The van der Waals surface area contributed by atoms with Crippen LogP contribution in [0.3, 0.4) is 0 Å². The maximum Gasteiger partial charge on any atom is 0.255 e. The van der Waals surface area contributed by atoms with E-state index in [0.717, 1.165) is 11.1 Å². The maximum atomic E-state index is 16.1. The van der Waals surface area contributed by atoms with Crippen LogP contribution in [0.5, 0.6) is 5.75 Å². The number of hydrogen-bond acceptors (Lipinski definition) is 4. The van der Waals surface area contributed by atoms with Crippen molar-refractivity contribution in [2.75, 3.05) is 7.11 Å². The average Bonchev–Trinajstić information content (AvgIpc) is 3.65. The fraction of sp³-hybridized carbons (Fsp3) is 0.182. The van der Waals surface area contributed by atoms with Gasteiger partial charge in [-0.2, -0.15) is 5.10 Å². The first kappa shape index (κ1) is 28.0. The molecule has 10 heteroatoms. The van der Waals surface area contributed by atoms with Gasteiger partial charge in [-0.1, -0.05) is 12.1 Å². The van der Waals surface area contributed by atoms with Gasteiger partial charge in [0, 0.05) is 18.2 Å². The summed E-state index contributed by atoms with van der Waals surface area (Å²) >= 11 is 0. The van der Waals surface area contributed by atoms with Gasteiger partial charge < -0.3 is 15.8 Å². The number of methoxy groups -OCH3 is 1. The van der Waals surface area contributed by atoms with Crippen LogP contribution in [0.15, 0.2) is 72.9 Å². The first-order valence-corrected chi connectivity index (χ1v) is 13.6. The summed E-state index contributed by atoms with van der Waals surface area (Å²) in [6, 6.07) is 16.3.